The first-order valence-corrected chi connectivity index (χ1v) is 11.4. The maximum atomic E-state index is 13.6. The van der Waals surface area contributed by atoms with Gasteiger partial charge in [0.1, 0.15) is 22.7 Å². The number of halogens is 1. The Morgan fingerprint density at radius 1 is 1.12 bits per heavy atom. The van der Waals surface area contributed by atoms with Gasteiger partial charge in [0, 0.05) is 25.7 Å². The lowest BCUT2D eigenvalue weighted by atomic mass is 9.98. The van der Waals surface area contributed by atoms with E-state index in [9.17, 15) is 9.59 Å². The minimum atomic E-state index is -0.267. The number of hydrogen-bond donors (Lipinski definition) is 2. The molecule has 33 heavy (non-hydrogen) atoms. The van der Waals surface area contributed by atoms with Gasteiger partial charge in [-0.05, 0) is 40.5 Å². The fourth-order valence-corrected chi connectivity index (χ4v) is 4.95. The zero-order valence-electron chi connectivity index (χ0n) is 17.4. The standard InChI is InChI=1S/C22H19BrN8O2/c23-13-7-11-30-17(13)21(33)31(12-4-2-1-3-5-12)19(28-30)14-8-10-29(14)20-16-15(32)6-9-25-18(16)26-22(24)27-20/h1-5,7,11,14H,6,8-10H2,(H3,24,25,26,27)/t14-/m0/s1. The predicted molar refractivity (Wildman–Crippen MR) is 127 cm³/mol. The molecule has 0 amide bonds. The van der Waals surface area contributed by atoms with Gasteiger partial charge in [0.2, 0.25) is 5.95 Å². The average Bonchev–Trinajstić information content (AvgIpc) is 3.14. The molecule has 2 aliphatic heterocycles. The van der Waals surface area contributed by atoms with E-state index in [-0.39, 0.29) is 23.3 Å². The van der Waals surface area contributed by atoms with Gasteiger partial charge in [0.05, 0.1) is 16.2 Å². The van der Waals surface area contributed by atoms with Crippen LogP contribution in [0.15, 0.2) is 51.9 Å². The predicted octanol–water partition coefficient (Wildman–Crippen LogP) is 2.57. The molecule has 0 aliphatic carbocycles. The first-order valence-electron chi connectivity index (χ1n) is 10.6. The van der Waals surface area contributed by atoms with Gasteiger partial charge in [-0.1, -0.05) is 18.2 Å². The fraction of sp³-hybridized carbons (Fsp3) is 0.227. The number of Topliss-reactive ketones (excluding diaryl/α,β-unsaturated/α-hetero) is 1. The zero-order valence-corrected chi connectivity index (χ0v) is 19.0. The molecule has 1 saturated heterocycles. The van der Waals surface area contributed by atoms with E-state index in [1.54, 1.807) is 21.3 Å². The second-order valence-corrected chi connectivity index (χ2v) is 8.87. The Kier molecular flexibility index (Phi) is 4.47. The number of nitrogens with one attached hydrogen (secondary N) is 1. The molecule has 3 N–H and O–H groups in total. The van der Waals surface area contributed by atoms with E-state index in [1.165, 1.54) is 0 Å². The number of ketones is 1. The largest absolute Gasteiger partial charge is 0.369 e. The van der Waals surface area contributed by atoms with Crippen LogP contribution >= 0.6 is 15.9 Å². The molecule has 2 aliphatic rings. The number of rotatable bonds is 3. The zero-order chi connectivity index (χ0) is 22.7. The molecule has 0 bridgehead atoms. The quantitative estimate of drug-likeness (QED) is 0.434. The number of anilines is 3. The van der Waals surface area contributed by atoms with Crippen LogP contribution in [-0.4, -0.2) is 43.0 Å². The molecule has 6 rings (SSSR count). The fourth-order valence-electron chi connectivity index (χ4n) is 4.48. The van der Waals surface area contributed by atoms with E-state index >= 15 is 0 Å². The van der Waals surface area contributed by atoms with Gasteiger partial charge < -0.3 is 16.0 Å². The van der Waals surface area contributed by atoms with E-state index < -0.39 is 0 Å². The lowest BCUT2D eigenvalue weighted by Gasteiger charge is -2.43. The molecule has 0 saturated carbocycles. The number of nitrogen functional groups attached to an aromatic ring is 1. The van der Waals surface area contributed by atoms with Crippen LogP contribution in [0.25, 0.3) is 11.2 Å². The molecule has 1 atom stereocenters. The van der Waals surface area contributed by atoms with Crippen LogP contribution in [0.4, 0.5) is 17.6 Å². The first-order chi connectivity index (χ1) is 16.0. The van der Waals surface area contributed by atoms with Gasteiger partial charge in [-0.2, -0.15) is 15.1 Å². The van der Waals surface area contributed by atoms with Crippen molar-refractivity contribution in [1.82, 2.24) is 24.1 Å². The third-order valence-electron chi connectivity index (χ3n) is 6.10. The van der Waals surface area contributed by atoms with Gasteiger partial charge in [-0.25, -0.2) is 4.52 Å². The van der Waals surface area contributed by atoms with Crippen LogP contribution in [0.1, 0.15) is 35.1 Å². The number of nitrogens with two attached hydrogens (primary N) is 1. The van der Waals surface area contributed by atoms with Crippen LogP contribution in [-0.2, 0) is 0 Å². The number of nitrogens with zero attached hydrogens (tertiary/aromatic N) is 6. The molecule has 1 fully saturated rings. The number of fused-ring (bicyclic) bond motifs is 2. The van der Waals surface area contributed by atoms with Crippen molar-refractivity contribution in [2.24, 2.45) is 0 Å². The van der Waals surface area contributed by atoms with Crippen molar-refractivity contribution in [3.05, 3.63) is 68.8 Å². The number of para-hydroxylation sites is 1. The van der Waals surface area contributed by atoms with Crippen LogP contribution < -0.4 is 21.5 Å². The summed E-state index contributed by atoms with van der Waals surface area (Å²) in [6, 6.07) is 10.9. The Morgan fingerprint density at radius 3 is 2.70 bits per heavy atom. The van der Waals surface area contributed by atoms with Gasteiger partial charge >= 0.3 is 0 Å². The second kappa shape index (κ2) is 7.41. The second-order valence-electron chi connectivity index (χ2n) is 8.02. The van der Waals surface area contributed by atoms with E-state index in [1.807, 2.05) is 35.2 Å². The molecule has 0 radical (unpaired) electrons. The number of carbonyl (C=O) groups excluding carboxylic acids is 1. The molecule has 5 heterocycles. The summed E-state index contributed by atoms with van der Waals surface area (Å²) in [5.41, 5.74) is 7.40. The normalized spacial score (nSPS) is 17.5. The Bertz CT molecular complexity index is 1480. The van der Waals surface area contributed by atoms with Crippen LogP contribution in [0.5, 0.6) is 0 Å². The minimum Gasteiger partial charge on any atom is -0.369 e. The molecular weight excluding hydrogens is 488 g/mol. The van der Waals surface area contributed by atoms with Crippen molar-refractivity contribution in [3.8, 4) is 5.69 Å². The Labute approximate surface area is 196 Å². The number of carbonyl (C=O) groups is 1. The van der Waals surface area contributed by atoms with E-state index in [2.05, 4.69) is 31.2 Å². The summed E-state index contributed by atoms with van der Waals surface area (Å²) >= 11 is 3.46. The monoisotopic (exact) mass is 506 g/mol. The molecule has 0 unspecified atom stereocenters. The van der Waals surface area contributed by atoms with E-state index in [0.29, 0.717) is 52.5 Å². The lowest BCUT2D eigenvalue weighted by Crippen LogP contribution is -2.46. The molecular formula is C22H19BrN8O2. The van der Waals surface area contributed by atoms with Crippen LogP contribution in [0, 0.1) is 0 Å². The molecule has 4 aromatic rings. The molecule has 0 spiro atoms. The molecule has 3 aromatic heterocycles. The maximum absolute atomic E-state index is 13.6. The summed E-state index contributed by atoms with van der Waals surface area (Å²) in [7, 11) is 0. The molecule has 166 valence electrons. The SMILES string of the molecule is Nc1nc2c(c(N3CC[C@H]3c3nn4ccc(Br)c4c(=O)n3-c3ccccc3)n1)C(=O)CCN2. The van der Waals surface area contributed by atoms with Crippen molar-refractivity contribution >= 4 is 44.8 Å². The van der Waals surface area contributed by atoms with Crippen molar-refractivity contribution in [2.45, 2.75) is 18.9 Å². The van der Waals surface area contributed by atoms with Gasteiger partial charge in [0.15, 0.2) is 11.6 Å². The molecule has 11 heteroatoms. The first kappa shape index (κ1) is 19.9. The van der Waals surface area contributed by atoms with Crippen LogP contribution in [0.2, 0.25) is 0 Å². The highest BCUT2D eigenvalue weighted by Crippen LogP contribution is 2.40. The summed E-state index contributed by atoms with van der Waals surface area (Å²) in [5, 5.41) is 7.96. The summed E-state index contributed by atoms with van der Waals surface area (Å²) in [4.78, 5) is 37.0. The van der Waals surface area contributed by atoms with Crippen molar-refractivity contribution in [2.75, 3.05) is 29.0 Å². The highest BCUT2D eigenvalue weighted by molar-refractivity contribution is 9.10. The van der Waals surface area contributed by atoms with Crippen molar-refractivity contribution in [1.29, 1.82) is 0 Å². The van der Waals surface area contributed by atoms with E-state index in [4.69, 9.17) is 10.8 Å². The third-order valence-corrected chi connectivity index (χ3v) is 6.74. The summed E-state index contributed by atoms with van der Waals surface area (Å²) in [6.45, 7) is 1.17. The van der Waals surface area contributed by atoms with Gasteiger partial charge in [-0.15, -0.1) is 0 Å². The highest BCUT2D eigenvalue weighted by atomic mass is 79.9. The molecule has 10 nitrogen and oxygen atoms in total. The minimum absolute atomic E-state index is 0.0254. The van der Waals surface area contributed by atoms with E-state index in [0.717, 1.165) is 12.1 Å². The van der Waals surface area contributed by atoms with Crippen molar-refractivity contribution < 1.29 is 4.79 Å². The summed E-state index contributed by atoms with van der Waals surface area (Å²) in [6.07, 6.45) is 2.86. The number of aromatic nitrogens is 5. The van der Waals surface area contributed by atoms with Crippen molar-refractivity contribution in [3.63, 3.8) is 0 Å². The highest BCUT2D eigenvalue weighted by Gasteiger charge is 2.39. The lowest BCUT2D eigenvalue weighted by molar-refractivity contribution is 0.0983. The third kappa shape index (κ3) is 3.03. The smallest absolute Gasteiger partial charge is 0.283 e. The Hall–Kier alpha value is -3.73. The van der Waals surface area contributed by atoms with Gasteiger partial charge in [0.25, 0.3) is 5.56 Å². The Balaban J connectivity index is 1.55. The topological polar surface area (TPSA) is 123 Å². The average molecular weight is 507 g/mol. The van der Waals surface area contributed by atoms with Crippen LogP contribution in [0.3, 0.4) is 0 Å². The van der Waals surface area contributed by atoms with Gasteiger partial charge in [-0.3, -0.25) is 14.2 Å². The molecule has 1 aromatic carbocycles. The number of hydrogen-bond acceptors (Lipinski definition) is 8. The summed E-state index contributed by atoms with van der Waals surface area (Å²) in [5.74, 6) is 1.57. The maximum Gasteiger partial charge on any atom is 0.283 e. The summed E-state index contributed by atoms with van der Waals surface area (Å²) < 4.78 is 3.90. The number of benzene rings is 1. The Morgan fingerprint density at radius 2 is 1.94 bits per heavy atom.